The molecule has 2 aromatic carbocycles. The molecular formula is C24H24N4O3. The van der Waals surface area contributed by atoms with Gasteiger partial charge in [-0.1, -0.05) is 39.0 Å². The second-order valence-electron chi connectivity index (χ2n) is 8.11. The molecule has 1 amide bonds. The van der Waals surface area contributed by atoms with Gasteiger partial charge in [-0.05, 0) is 41.3 Å². The first-order valence-electron chi connectivity index (χ1n) is 9.67. The van der Waals surface area contributed by atoms with Crippen molar-refractivity contribution in [2.24, 2.45) is 0 Å². The molecule has 31 heavy (non-hydrogen) atoms. The standard InChI is InChI=1S/C24H24N4O3/c1-24(2,3)17-10-8-15(9-11-17)22(29)27-18-6-5-7-19(12-18)28-14-16(13-25)20(26)21(28)23(30)31-4/h5-12,14H,26H2,1-4H3,(H,27,29). The van der Waals surface area contributed by atoms with E-state index in [9.17, 15) is 14.9 Å². The Kier molecular flexibility index (Phi) is 5.84. The van der Waals surface area contributed by atoms with Gasteiger partial charge in [0.25, 0.3) is 5.91 Å². The summed E-state index contributed by atoms with van der Waals surface area (Å²) in [7, 11) is 1.24. The lowest BCUT2D eigenvalue weighted by Gasteiger charge is -2.19. The average Bonchev–Trinajstić information content (AvgIpc) is 3.09. The van der Waals surface area contributed by atoms with Gasteiger partial charge in [0.2, 0.25) is 0 Å². The summed E-state index contributed by atoms with van der Waals surface area (Å²) in [5.41, 5.74) is 8.97. The number of anilines is 2. The molecule has 0 aliphatic rings. The Hall–Kier alpha value is -4.05. The number of rotatable bonds is 4. The van der Waals surface area contributed by atoms with Crippen molar-refractivity contribution in [2.75, 3.05) is 18.2 Å². The lowest BCUT2D eigenvalue weighted by molar-refractivity contribution is 0.0593. The van der Waals surface area contributed by atoms with Crippen LogP contribution in [0.5, 0.6) is 0 Å². The SMILES string of the molecule is COC(=O)c1c(N)c(C#N)cn1-c1cccc(NC(=O)c2ccc(C(C)(C)C)cc2)c1. The molecule has 0 aliphatic heterocycles. The number of hydrogen-bond acceptors (Lipinski definition) is 5. The Morgan fingerprint density at radius 3 is 2.39 bits per heavy atom. The minimum Gasteiger partial charge on any atom is -0.464 e. The number of nitrogens with one attached hydrogen (secondary N) is 1. The maximum Gasteiger partial charge on any atom is 0.357 e. The second-order valence-corrected chi connectivity index (χ2v) is 8.11. The van der Waals surface area contributed by atoms with E-state index in [1.807, 2.05) is 18.2 Å². The third-order valence-electron chi connectivity index (χ3n) is 4.94. The van der Waals surface area contributed by atoms with Gasteiger partial charge in [-0.25, -0.2) is 4.79 Å². The zero-order chi connectivity index (χ0) is 22.8. The van der Waals surface area contributed by atoms with Crippen LogP contribution >= 0.6 is 0 Å². The Morgan fingerprint density at radius 2 is 1.81 bits per heavy atom. The molecule has 0 bridgehead atoms. The van der Waals surface area contributed by atoms with Crippen LogP contribution in [0, 0.1) is 11.3 Å². The summed E-state index contributed by atoms with van der Waals surface area (Å²) in [5, 5.41) is 12.1. The Balaban J connectivity index is 1.90. The fraction of sp³-hybridized carbons (Fsp3) is 0.208. The summed E-state index contributed by atoms with van der Waals surface area (Å²) in [5.74, 6) is -0.914. The first-order chi connectivity index (χ1) is 14.7. The summed E-state index contributed by atoms with van der Waals surface area (Å²) >= 11 is 0. The van der Waals surface area contributed by atoms with Crippen LogP contribution in [0.25, 0.3) is 5.69 Å². The van der Waals surface area contributed by atoms with Gasteiger partial charge in [-0.2, -0.15) is 5.26 Å². The molecule has 1 aromatic heterocycles. The van der Waals surface area contributed by atoms with E-state index in [4.69, 9.17) is 10.5 Å². The molecule has 3 aromatic rings. The summed E-state index contributed by atoms with van der Waals surface area (Å²) in [4.78, 5) is 24.9. The smallest absolute Gasteiger partial charge is 0.357 e. The van der Waals surface area contributed by atoms with Gasteiger partial charge in [0.05, 0.1) is 18.4 Å². The molecule has 0 saturated heterocycles. The zero-order valence-electron chi connectivity index (χ0n) is 17.9. The lowest BCUT2D eigenvalue weighted by Crippen LogP contribution is -2.15. The highest BCUT2D eigenvalue weighted by molar-refractivity contribution is 6.04. The van der Waals surface area contributed by atoms with Crippen LogP contribution in [-0.4, -0.2) is 23.6 Å². The molecule has 0 spiro atoms. The molecule has 1 heterocycles. The largest absolute Gasteiger partial charge is 0.464 e. The summed E-state index contributed by atoms with van der Waals surface area (Å²) in [6.07, 6.45) is 1.47. The van der Waals surface area contributed by atoms with E-state index in [-0.39, 0.29) is 28.3 Å². The van der Waals surface area contributed by atoms with Crippen LogP contribution in [0.1, 0.15) is 52.7 Å². The van der Waals surface area contributed by atoms with E-state index in [1.54, 1.807) is 36.4 Å². The number of hydrogen-bond donors (Lipinski definition) is 2. The maximum atomic E-state index is 12.7. The molecule has 0 atom stereocenters. The molecule has 7 heteroatoms. The van der Waals surface area contributed by atoms with Gasteiger partial charge < -0.3 is 20.4 Å². The first-order valence-corrected chi connectivity index (χ1v) is 9.67. The molecule has 3 rings (SSSR count). The van der Waals surface area contributed by atoms with Crippen molar-refractivity contribution in [1.82, 2.24) is 4.57 Å². The van der Waals surface area contributed by atoms with E-state index in [0.717, 1.165) is 5.56 Å². The Morgan fingerprint density at radius 1 is 1.13 bits per heavy atom. The number of benzene rings is 2. The third kappa shape index (κ3) is 4.43. The van der Waals surface area contributed by atoms with E-state index in [0.29, 0.717) is 16.9 Å². The molecule has 0 fully saturated rings. The van der Waals surface area contributed by atoms with E-state index < -0.39 is 5.97 Å². The number of amides is 1. The number of nitrogens with zero attached hydrogens (tertiary/aromatic N) is 2. The highest BCUT2D eigenvalue weighted by Gasteiger charge is 2.22. The highest BCUT2D eigenvalue weighted by atomic mass is 16.5. The van der Waals surface area contributed by atoms with Crippen molar-refractivity contribution in [3.05, 3.63) is 77.1 Å². The fourth-order valence-corrected chi connectivity index (χ4v) is 3.18. The fourth-order valence-electron chi connectivity index (χ4n) is 3.18. The normalized spacial score (nSPS) is 10.9. The third-order valence-corrected chi connectivity index (χ3v) is 4.94. The van der Waals surface area contributed by atoms with Gasteiger partial charge in [-0.3, -0.25) is 4.79 Å². The lowest BCUT2D eigenvalue weighted by atomic mass is 9.87. The molecule has 0 unspecified atom stereocenters. The van der Waals surface area contributed by atoms with E-state index in [1.165, 1.54) is 17.9 Å². The van der Waals surface area contributed by atoms with E-state index in [2.05, 4.69) is 26.1 Å². The van der Waals surface area contributed by atoms with Crippen molar-refractivity contribution < 1.29 is 14.3 Å². The number of nitrogen functional groups attached to an aromatic ring is 1. The van der Waals surface area contributed by atoms with Crippen molar-refractivity contribution in [3.63, 3.8) is 0 Å². The van der Waals surface area contributed by atoms with Crippen molar-refractivity contribution in [1.29, 1.82) is 5.26 Å². The predicted molar refractivity (Wildman–Crippen MR) is 119 cm³/mol. The van der Waals surface area contributed by atoms with Crippen LogP contribution in [0.4, 0.5) is 11.4 Å². The van der Waals surface area contributed by atoms with Crippen LogP contribution in [0.15, 0.2) is 54.7 Å². The van der Waals surface area contributed by atoms with Crippen LogP contribution in [0.2, 0.25) is 0 Å². The molecular weight excluding hydrogens is 392 g/mol. The zero-order valence-corrected chi connectivity index (χ0v) is 17.9. The Labute approximate surface area is 181 Å². The number of nitriles is 1. The van der Waals surface area contributed by atoms with Crippen LogP contribution in [0.3, 0.4) is 0 Å². The molecule has 0 aliphatic carbocycles. The van der Waals surface area contributed by atoms with Crippen molar-refractivity contribution in [3.8, 4) is 11.8 Å². The second kappa shape index (κ2) is 8.36. The minimum absolute atomic E-state index is 0.00156. The van der Waals surface area contributed by atoms with Gasteiger partial charge in [-0.15, -0.1) is 0 Å². The first kappa shape index (κ1) is 21.7. The number of esters is 1. The topological polar surface area (TPSA) is 110 Å². The summed E-state index contributed by atoms with van der Waals surface area (Å²) in [6.45, 7) is 6.34. The van der Waals surface area contributed by atoms with Crippen LogP contribution < -0.4 is 11.1 Å². The number of ether oxygens (including phenoxy) is 1. The monoisotopic (exact) mass is 416 g/mol. The average molecular weight is 416 g/mol. The van der Waals surface area contributed by atoms with Crippen molar-refractivity contribution >= 4 is 23.3 Å². The van der Waals surface area contributed by atoms with Gasteiger partial charge in [0, 0.05) is 23.1 Å². The molecule has 3 N–H and O–H groups in total. The van der Waals surface area contributed by atoms with E-state index >= 15 is 0 Å². The number of methoxy groups -OCH3 is 1. The minimum atomic E-state index is -0.660. The van der Waals surface area contributed by atoms with Crippen molar-refractivity contribution in [2.45, 2.75) is 26.2 Å². The number of carbonyl (C=O) groups is 2. The quantitative estimate of drug-likeness (QED) is 0.617. The predicted octanol–water partition coefficient (Wildman–Crippen LogP) is 4.27. The van der Waals surface area contributed by atoms with Gasteiger partial charge in [0.15, 0.2) is 5.69 Å². The number of carbonyl (C=O) groups excluding carboxylic acids is 2. The summed E-state index contributed by atoms with van der Waals surface area (Å²) in [6, 6.07) is 16.3. The summed E-state index contributed by atoms with van der Waals surface area (Å²) < 4.78 is 6.28. The molecule has 158 valence electrons. The number of aromatic nitrogens is 1. The maximum absolute atomic E-state index is 12.7. The van der Waals surface area contributed by atoms with Gasteiger partial charge in [0.1, 0.15) is 6.07 Å². The highest BCUT2D eigenvalue weighted by Crippen LogP contribution is 2.26. The Bertz CT molecular complexity index is 1180. The molecule has 0 saturated carbocycles. The molecule has 0 radical (unpaired) electrons. The number of nitrogens with two attached hydrogens (primary N) is 1. The molecule has 7 nitrogen and oxygen atoms in total. The van der Waals surface area contributed by atoms with Crippen LogP contribution in [-0.2, 0) is 10.2 Å². The van der Waals surface area contributed by atoms with Gasteiger partial charge >= 0.3 is 5.97 Å².